The maximum atomic E-state index is 12.9. The molecule has 2 saturated heterocycles. The summed E-state index contributed by atoms with van der Waals surface area (Å²) in [5, 5.41) is 3.10. The van der Waals surface area contributed by atoms with Crippen LogP contribution in [0.5, 0.6) is 0 Å². The molecule has 156 valence electrons. The number of rotatable bonds is 3. The van der Waals surface area contributed by atoms with Gasteiger partial charge in [-0.05, 0) is 38.3 Å². The molecule has 2 heterocycles. The van der Waals surface area contributed by atoms with Gasteiger partial charge in [0.05, 0.1) is 24.3 Å². The highest BCUT2D eigenvalue weighted by Crippen LogP contribution is 2.30. The van der Waals surface area contributed by atoms with Gasteiger partial charge in [-0.1, -0.05) is 18.2 Å². The Hall–Kier alpha value is -1.80. The van der Waals surface area contributed by atoms with Gasteiger partial charge in [-0.25, -0.2) is 4.79 Å². The monoisotopic (exact) mass is 399 g/mol. The highest BCUT2D eigenvalue weighted by Gasteiger charge is 2.32. The third-order valence-corrected chi connectivity index (χ3v) is 5.29. The standard InChI is InChI=1S/C20H28F3N3O2/c1-19(2)14-26(10-11-28-19)18(27)24-17-6-8-25(9-7-17)13-15-4-3-5-16(12-15)20(21,22)23/h3-5,12,17H,6-11,13-14H2,1-2H3,(H,24,27). The van der Waals surface area contributed by atoms with Crippen molar-refractivity contribution in [2.24, 2.45) is 0 Å². The summed E-state index contributed by atoms with van der Waals surface area (Å²) in [4.78, 5) is 16.4. The molecule has 0 radical (unpaired) electrons. The summed E-state index contributed by atoms with van der Waals surface area (Å²) < 4.78 is 44.2. The van der Waals surface area contributed by atoms with Crippen molar-refractivity contribution in [1.29, 1.82) is 0 Å². The van der Waals surface area contributed by atoms with E-state index in [-0.39, 0.29) is 17.7 Å². The van der Waals surface area contributed by atoms with Gasteiger partial charge in [0, 0.05) is 32.2 Å². The van der Waals surface area contributed by atoms with E-state index in [1.165, 1.54) is 12.1 Å². The minimum atomic E-state index is -4.32. The molecule has 5 nitrogen and oxygen atoms in total. The van der Waals surface area contributed by atoms with E-state index in [0.29, 0.717) is 31.8 Å². The summed E-state index contributed by atoms with van der Waals surface area (Å²) in [6, 6.07) is 5.52. The largest absolute Gasteiger partial charge is 0.416 e. The summed E-state index contributed by atoms with van der Waals surface area (Å²) in [6.45, 7) is 7.61. The number of carbonyl (C=O) groups excluding carboxylic acids is 1. The molecule has 8 heteroatoms. The average molecular weight is 399 g/mol. The lowest BCUT2D eigenvalue weighted by Gasteiger charge is -2.39. The zero-order valence-electron chi connectivity index (χ0n) is 16.4. The number of urea groups is 1. The van der Waals surface area contributed by atoms with Gasteiger partial charge in [-0.3, -0.25) is 4.90 Å². The topological polar surface area (TPSA) is 44.8 Å². The van der Waals surface area contributed by atoms with Crippen LogP contribution in [0.2, 0.25) is 0 Å². The Bertz CT molecular complexity index is 686. The molecule has 0 unspecified atom stereocenters. The first kappa shape index (κ1) is 20.9. The molecule has 2 aliphatic rings. The molecule has 0 aromatic heterocycles. The van der Waals surface area contributed by atoms with Crippen LogP contribution in [0.15, 0.2) is 24.3 Å². The number of amides is 2. The van der Waals surface area contributed by atoms with Crippen molar-refractivity contribution in [2.45, 2.75) is 51.1 Å². The first-order valence-corrected chi connectivity index (χ1v) is 9.70. The number of morpholine rings is 1. The zero-order chi connectivity index (χ0) is 20.4. The smallest absolute Gasteiger partial charge is 0.372 e. The third kappa shape index (κ3) is 5.61. The lowest BCUT2D eigenvalue weighted by atomic mass is 10.0. The first-order valence-electron chi connectivity index (χ1n) is 9.70. The number of halogens is 3. The lowest BCUT2D eigenvalue weighted by molar-refractivity contribution is -0.137. The molecule has 0 aliphatic carbocycles. The highest BCUT2D eigenvalue weighted by molar-refractivity contribution is 5.74. The second-order valence-electron chi connectivity index (χ2n) is 8.23. The van der Waals surface area contributed by atoms with Gasteiger partial charge in [-0.2, -0.15) is 13.2 Å². The number of ether oxygens (including phenoxy) is 1. The Labute approximate surface area is 163 Å². The molecule has 0 spiro atoms. The van der Waals surface area contributed by atoms with Crippen molar-refractivity contribution in [1.82, 2.24) is 15.1 Å². The summed E-state index contributed by atoms with van der Waals surface area (Å²) in [6.07, 6.45) is -2.74. The first-order chi connectivity index (χ1) is 13.1. The molecule has 2 fully saturated rings. The second-order valence-corrected chi connectivity index (χ2v) is 8.23. The Balaban J connectivity index is 1.46. The predicted octanol–water partition coefficient (Wildman–Crippen LogP) is 3.49. The molecule has 28 heavy (non-hydrogen) atoms. The fourth-order valence-corrected chi connectivity index (χ4v) is 3.80. The van der Waals surface area contributed by atoms with E-state index in [1.54, 1.807) is 11.0 Å². The number of carbonyl (C=O) groups is 1. The fraction of sp³-hybridized carbons (Fsp3) is 0.650. The Morgan fingerprint density at radius 2 is 1.96 bits per heavy atom. The number of alkyl halides is 3. The van der Waals surface area contributed by atoms with Crippen molar-refractivity contribution in [2.75, 3.05) is 32.8 Å². The normalized spacial score (nSPS) is 21.5. The Kier molecular flexibility index (Phi) is 6.19. The molecule has 1 N–H and O–H groups in total. The molecule has 2 amide bonds. The summed E-state index contributed by atoms with van der Waals surface area (Å²) in [7, 11) is 0. The number of nitrogens with one attached hydrogen (secondary N) is 1. The molecule has 0 atom stereocenters. The van der Waals surface area contributed by atoms with Gasteiger partial charge in [-0.15, -0.1) is 0 Å². The van der Waals surface area contributed by atoms with Crippen molar-refractivity contribution in [3.05, 3.63) is 35.4 Å². The van der Waals surface area contributed by atoms with E-state index < -0.39 is 11.7 Å². The van der Waals surface area contributed by atoms with Crippen LogP contribution < -0.4 is 5.32 Å². The minimum absolute atomic E-state index is 0.0623. The van der Waals surface area contributed by atoms with E-state index in [2.05, 4.69) is 10.2 Å². The number of piperidine rings is 1. The molecule has 3 rings (SSSR count). The van der Waals surface area contributed by atoms with E-state index in [1.807, 2.05) is 13.8 Å². The van der Waals surface area contributed by atoms with Crippen LogP contribution in [0.4, 0.5) is 18.0 Å². The molecule has 1 aromatic carbocycles. The number of hydrogen-bond acceptors (Lipinski definition) is 3. The molecular formula is C20H28F3N3O2. The number of likely N-dealkylation sites (tertiary alicyclic amines) is 1. The molecule has 0 saturated carbocycles. The number of benzene rings is 1. The van der Waals surface area contributed by atoms with Crippen LogP contribution in [-0.4, -0.2) is 60.3 Å². The minimum Gasteiger partial charge on any atom is -0.372 e. The summed E-state index contributed by atoms with van der Waals surface area (Å²) in [5.41, 5.74) is -0.280. The summed E-state index contributed by atoms with van der Waals surface area (Å²) >= 11 is 0. The predicted molar refractivity (Wildman–Crippen MR) is 99.9 cm³/mol. The molecule has 1 aromatic rings. The van der Waals surface area contributed by atoms with Crippen LogP contribution in [0.25, 0.3) is 0 Å². The van der Waals surface area contributed by atoms with E-state index in [4.69, 9.17) is 4.74 Å². The fourth-order valence-electron chi connectivity index (χ4n) is 3.80. The van der Waals surface area contributed by atoms with Gasteiger partial charge in [0.15, 0.2) is 0 Å². The van der Waals surface area contributed by atoms with Crippen LogP contribution in [0.3, 0.4) is 0 Å². The maximum absolute atomic E-state index is 12.9. The van der Waals surface area contributed by atoms with Gasteiger partial charge in [0.25, 0.3) is 0 Å². The quantitative estimate of drug-likeness (QED) is 0.846. The molecule has 0 bridgehead atoms. The molecule has 2 aliphatic heterocycles. The van der Waals surface area contributed by atoms with Crippen LogP contribution in [0.1, 0.15) is 37.8 Å². The van der Waals surface area contributed by atoms with Gasteiger partial charge in [0.1, 0.15) is 0 Å². The third-order valence-electron chi connectivity index (χ3n) is 5.29. The second kappa shape index (κ2) is 8.29. The van der Waals surface area contributed by atoms with Crippen molar-refractivity contribution in [3.8, 4) is 0 Å². The summed E-state index contributed by atoms with van der Waals surface area (Å²) in [5.74, 6) is 0. The van der Waals surface area contributed by atoms with E-state index in [0.717, 1.165) is 32.0 Å². The van der Waals surface area contributed by atoms with E-state index in [9.17, 15) is 18.0 Å². The van der Waals surface area contributed by atoms with Gasteiger partial charge < -0.3 is 15.0 Å². The molecular weight excluding hydrogens is 371 g/mol. The van der Waals surface area contributed by atoms with Crippen LogP contribution in [-0.2, 0) is 17.5 Å². The van der Waals surface area contributed by atoms with Gasteiger partial charge >= 0.3 is 12.2 Å². The van der Waals surface area contributed by atoms with Crippen molar-refractivity contribution >= 4 is 6.03 Å². The van der Waals surface area contributed by atoms with E-state index >= 15 is 0 Å². The van der Waals surface area contributed by atoms with Crippen molar-refractivity contribution in [3.63, 3.8) is 0 Å². The Morgan fingerprint density at radius 1 is 1.25 bits per heavy atom. The van der Waals surface area contributed by atoms with Crippen molar-refractivity contribution < 1.29 is 22.7 Å². The zero-order valence-corrected chi connectivity index (χ0v) is 16.4. The number of hydrogen-bond donors (Lipinski definition) is 1. The van der Waals surface area contributed by atoms with Gasteiger partial charge in [0.2, 0.25) is 0 Å². The SMILES string of the molecule is CC1(C)CN(C(=O)NC2CCN(Cc3cccc(C(F)(F)F)c3)CC2)CCO1. The Morgan fingerprint density at radius 3 is 2.61 bits per heavy atom. The number of nitrogens with zero attached hydrogens (tertiary/aromatic N) is 2. The highest BCUT2D eigenvalue weighted by atomic mass is 19.4. The van der Waals surface area contributed by atoms with Crippen LogP contribution in [0, 0.1) is 0 Å². The van der Waals surface area contributed by atoms with Crippen LogP contribution >= 0.6 is 0 Å². The average Bonchev–Trinajstić information content (AvgIpc) is 2.62. The lowest BCUT2D eigenvalue weighted by Crippen LogP contribution is -2.56. The maximum Gasteiger partial charge on any atom is 0.416 e.